The SMILES string of the molecule is CC1(C)c2ccc(-c3cccc4c5c6ccccc6ccc5n(-c5nc6ccccc6nc5-c5ccccc5)c34)cc2-c2c1ccc1ccccc21. The van der Waals surface area contributed by atoms with Gasteiger partial charge in [0.25, 0.3) is 0 Å². The minimum absolute atomic E-state index is 0.0989. The zero-order valence-electron chi connectivity index (χ0n) is 28.9. The molecule has 1 aliphatic carbocycles. The van der Waals surface area contributed by atoms with Gasteiger partial charge >= 0.3 is 0 Å². The van der Waals surface area contributed by atoms with Crippen LogP contribution >= 0.6 is 0 Å². The molecule has 3 heteroatoms. The molecule has 0 bridgehead atoms. The van der Waals surface area contributed by atoms with Gasteiger partial charge in [-0.1, -0.05) is 153 Å². The van der Waals surface area contributed by atoms with E-state index in [1.165, 1.54) is 65.7 Å². The molecule has 0 fully saturated rings. The predicted octanol–water partition coefficient (Wildman–Crippen LogP) is 12.7. The van der Waals surface area contributed by atoms with Crippen molar-refractivity contribution in [1.29, 1.82) is 0 Å². The van der Waals surface area contributed by atoms with E-state index in [2.05, 4.69) is 170 Å². The lowest BCUT2D eigenvalue weighted by molar-refractivity contribution is 0.661. The highest BCUT2D eigenvalue weighted by molar-refractivity contribution is 6.23. The molecule has 0 aliphatic heterocycles. The van der Waals surface area contributed by atoms with Crippen LogP contribution in [0.25, 0.3) is 93.7 Å². The van der Waals surface area contributed by atoms with Gasteiger partial charge in [0.2, 0.25) is 0 Å². The van der Waals surface area contributed by atoms with Gasteiger partial charge in [-0.25, -0.2) is 9.97 Å². The summed E-state index contributed by atoms with van der Waals surface area (Å²) in [6.07, 6.45) is 0. The predicted molar refractivity (Wildman–Crippen MR) is 217 cm³/mol. The van der Waals surface area contributed by atoms with E-state index in [1.807, 2.05) is 12.1 Å². The van der Waals surface area contributed by atoms with Crippen LogP contribution in [0, 0.1) is 0 Å². The third kappa shape index (κ3) is 4.02. The molecule has 52 heavy (non-hydrogen) atoms. The van der Waals surface area contributed by atoms with Crippen molar-refractivity contribution < 1.29 is 0 Å². The summed E-state index contributed by atoms with van der Waals surface area (Å²) < 4.78 is 2.38. The molecule has 0 unspecified atom stereocenters. The fourth-order valence-electron chi connectivity index (χ4n) is 8.92. The number of rotatable bonds is 3. The summed E-state index contributed by atoms with van der Waals surface area (Å²) in [6.45, 7) is 4.72. The second kappa shape index (κ2) is 10.7. The first-order valence-electron chi connectivity index (χ1n) is 18.0. The number of para-hydroxylation sites is 3. The lowest BCUT2D eigenvalue weighted by atomic mass is 9.82. The number of hydrogen-bond donors (Lipinski definition) is 0. The van der Waals surface area contributed by atoms with Crippen molar-refractivity contribution in [2.45, 2.75) is 19.3 Å². The van der Waals surface area contributed by atoms with E-state index < -0.39 is 0 Å². The van der Waals surface area contributed by atoms with Crippen LogP contribution in [-0.2, 0) is 5.41 Å². The second-order valence-electron chi connectivity index (χ2n) is 14.6. The molecule has 2 aromatic heterocycles. The summed E-state index contributed by atoms with van der Waals surface area (Å²) in [7, 11) is 0. The molecular weight excluding hydrogens is 631 g/mol. The fourth-order valence-corrected chi connectivity index (χ4v) is 8.92. The van der Waals surface area contributed by atoms with Crippen molar-refractivity contribution in [2.24, 2.45) is 0 Å². The Bertz CT molecular complexity index is 3100. The van der Waals surface area contributed by atoms with Gasteiger partial charge in [-0.3, -0.25) is 4.57 Å². The van der Waals surface area contributed by atoms with Crippen molar-refractivity contribution in [1.82, 2.24) is 14.5 Å². The summed E-state index contributed by atoms with van der Waals surface area (Å²) in [5.74, 6) is 0.825. The highest BCUT2D eigenvalue weighted by Crippen LogP contribution is 2.53. The van der Waals surface area contributed by atoms with Crippen LogP contribution in [0.5, 0.6) is 0 Å². The third-order valence-corrected chi connectivity index (χ3v) is 11.4. The lowest BCUT2D eigenvalue weighted by Crippen LogP contribution is -2.14. The first-order chi connectivity index (χ1) is 25.6. The zero-order chi connectivity index (χ0) is 34.6. The Kier molecular flexibility index (Phi) is 6.01. The molecular formula is C49H33N3. The molecule has 244 valence electrons. The molecule has 0 saturated heterocycles. The molecule has 2 heterocycles. The monoisotopic (exact) mass is 663 g/mol. The average molecular weight is 664 g/mol. The van der Waals surface area contributed by atoms with E-state index in [0.717, 1.165) is 39.1 Å². The van der Waals surface area contributed by atoms with Crippen LogP contribution < -0.4 is 0 Å². The number of hydrogen-bond acceptors (Lipinski definition) is 2. The van der Waals surface area contributed by atoms with Gasteiger partial charge < -0.3 is 0 Å². The van der Waals surface area contributed by atoms with E-state index >= 15 is 0 Å². The summed E-state index contributed by atoms with van der Waals surface area (Å²) in [5, 5.41) is 7.45. The van der Waals surface area contributed by atoms with Gasteiger partial charge in [0.15, 0.2) is 5.82 Å². The van der Waals surface area contributed by atoms with Crippen LogP contribution in [0.3, 0.4) is 0 Å². The highest BCUT2D eigenvalue weighted by atomic mass is 15.1. The molecule has 11 rings (SSSR count). The van der Waals surface area contributed by atoms with Crippen molar-refractivity contribution in [3.8, 4) is 39.3 Å². The van der Waals surface area contributed by atoms with E-state index in [9.17, 15) is 0 Å². The van der Waals surface area contributed by atoms with Crippen molar-refractivity contribution >= 4 is 54.4 Å². The summed E-state index contributed by atoms with van der Waals surface area (Å²) in [5.41, 5.74) is 13.6. The molecule has 3 nitrogen and oxygen atoms in total. The molecule has 0 amide bonds. The summed E-state index contributed by atoms with van der Waals surface area (Å²) >= 11 is 0. The van der Waals surface area contributed by atoms with Gasteiger partial charge in [-0.2, -0.15) is 0 Å². The van der Waals surface area contributed by atoms with E-state index in [0.29, 0.717) is 0 Å². The highest BCUT2D eigenvalue weighted by Gasteiger charge is 2.36. The van der Waals surface area contributed by atoms with Crippen LogP contribution in [0.1, 0.15) is 25.0 Å². The van der Waals surface area contributed by atoms with Crippen LogP contribution in [0.15, 0.2) is 164 Å². The quantitative estimate of drug-likeness (QED) is 0.188. The minimum Gasteiger partial charge on any atom is -0.291 e. The zero-order valence-corrected chi connectivity index (χ0v) is 28.9. The Balaban J connectivity index is 1.28. The van der Waals surface area contributed by atoms with Gasteiger partial charge in [0.1, 0.15) is 5.69 Å². The molecule has 1 aliphatic rings. The Morgan fingerprint density at radius 3 is 1.96 bits per heavy atom. The van der Waals surface area contributed by atoms with Crippen LogP contribution in [-0.4, -0.2) is 14.5 Å². The van der Waals surface area contributed by atoms with Crippen molar-refractivity contribution in [3.63, 3.8) is 0 Å². The maximum absolute atomic E-state index is 5.45. The minimum atomic E-state index is -0.0989. The number of fused-ring (bicyclic) bond motifs is 11. The lowest BCUT2D eigenvalue weighted by Gasteiger charge is -2.21. The maximum atomic E-state index is 5.45. The summed E-state index contributed by atoms with van der Waals surface area (Å²) in [6, 6.07) is 59.2. The largest absolute Gasteiger partial charge is 0.291 e. The Morgan fingerprint density at radius 1 is 0.481 bits per heavy atom. The molecule has 0 atom stereocenters. The molecule has 0 spiro atoms. The van der Waals surface area contributed by atoms with Gasteiger partial charge in [0, 0.05) is 27.3 Å². The standard InChI is InChI=1S/C49H33N3/c1-49(2)39-26-24-33(29-38(39)44-34-17-8-6-13-30(34)23-27-40(44)49)36-19-12-20-37-45-35-18-9-7-14-31(35)25-28-43(45)52(47(36)37)48-46(32-15-4-3-5-16-32)50-41-21-10-11-22-42(41)51-48/h3-29H,1-2H3. The summed E-state index contributed by atoms with van der Waals surface area (Å²) in [4.78, 5) is 10.8. The smallest absolute Gasteiger partial charge is 0.165 e. The molecule has 8 aromatic carbocycles. The van der Waals surface area contributed by atoms with Crippen molar-refractivity contribution in [2.75, 3.05) is 0 Å². The second-order valence-corrected chi connectivity index (χ2v) is 14.6. The first kappa shape index (κ1) is 29.2. The van der Waals surface area contributed by atoms with E-state index in [1.54, 1.807) is 0 Å². The molecule has 10 aromatic rings. The topological polar surface area (TPSA) is 30.7 Å². The van der Waals surface area contributed by atoms with Gasteiger partial charge in [-0.15, -0.1) is 0 Å². The normalized spacial score (nSPS) is 13.3. The maximum Gasteiger partial charge on any atom is 0.165 e. The Morgan fingerprint density at radius 2 is 1.13 bits per heavy atom. The molecule has 0 N–H and O–H groups in total. The Hall–Kier alpha value is -6.58. The number of nitrogens with zero attached hydrogens (tertiary/aromatic N) is 3. The van der Waals surface area contributed by atoms with Gasteiger partial charge in [-0.05, 0) is 73.6 Å². The number of aromatic nitrogens is 3. The fraction of sp³-hybridized carbons (Fsp3) is 0.0612. The molecule has 0 radical (unpaired) electrons. The molecule has 0 saturated carbocycles. The third-order valence-electron chi connectivity index (χ3n) is 11.4. The van der Waals surface area contributed by atoms with Crippen molar-refractivity contribution in [3.05, 3.63) is 175 Å². The Labute approximate surface area is 301 Å². The van der Waals surface area contributed by atoms with Crippen LogP contribution in [0.2, 0.25) is 0 Å². The van der Waals surface area contributed by atoms with Gasteiger partial charge in [0.05, 0.1) is 22.1 Å². The van der Waals surface area contributed by atoms with E-state index in [-0.39, 0.29) is 5.41 Å². The van der Waals surface area contributed by atoms with E-state index in [4.69, 9.17) is 9.97 Å². The number of benzene rings is 8. The van der Waals surface area contributed by atoms with Crippen LogP contribution in [0.4, 0.5) is 0 Å². The first-order valence-corrected chi connectivity index (χ1v) is 18.0. The average Bonchev–Trinajstić information content (AvgIpc) is 3.66.